The van der Waals surface area contributed by atoms with E-state index in [-0.39, 0.29) is 5.69 Å². The Labute approximate surface area is 104 Å². The maximum atomic E-state index is 10.9. The maximum Gasteiger partial charge on any atom is 0.273 e. The number of aromatic nitrogens is 1. The molecule has 0 spiro atoms. The highest BCUT2D eigenvalue weighted by molar-refractivity contribution is 5.64. The lowest BCUT2D eigenvalue weighted by molar-refractivity contribution is -0.385. The number of nitro benzene ring substituents is 1. The van der Waals surface area contributed by atoms with Gasteiger partial charge in [-0.15, -0.1) is 0 Å². The number of hydrogen-bond donors (Lipinski definition) is 1. The van der Waals surface area contributed by atoms with Gasteiger partial charge in [-0.2, -0.15) is 0 Å². The first-order chi connectivity index (χ1) is 8.63. The third-order valence-electron chi connectivity index (χ3n) is 2.64. The summed E-state index contributed by atoms with van der Waals surface area (Å²) >= 11 is 0. The Bertz CT molecular complexity index is 578. The molecule has 0 bridgehead atoms. The summed E-state index contributed by atoms with van der Waals surface area (Å²) < 4.78 is 5.35. The van der Waals surface area contributed by atoms with E-state index in [1.807, 2.05) is 7.05 Å². The van der Waals surface area contributed by atoms with E-state index in [1.54, 1.807) is 25.3 Å². The van der Waals surface area contributed by atoms with Crippen LogP contribution in [0.3, 0.4) is 0 Å². The molecular weight excluding hydrogens is 234 g/mol. The predicted octanol–water partition coefficient (Wildman–Crippen LogP) is 2.28. The Balaban J connectivity index is 2.43. The van der Waals surface area contributed by atoms with Crippen LogP contribution in [0.1, 0.15) is 11.3 Å². The smallest absolute Gasteiger partial charge is 0.273 e. The zero-order valence-electron chi connectivity index (χ0n) is 10.1. The molecule has 1 N–H and O–H groups in total. The molecule has 18 heavy (non-hydrogen) atoms. The largest absolute Gasteiger partial charge is 0.444 e. The molecule has 0 saturated carbocycles. The Morgan fingerprint density at radius 2 is 2.28 bits per heavy atom. The first kappa shape index (κ1) is 12.3. The van der Waals surface area contributed by atoms with E-state index in [1.165, 1.54) is 6.07 Å². The molecule has 0 aliphatic rings. The van der Waals surface area contributed by atoms with Crippen LogP contribution in [0, 0.1) is 17.0 Å². The number of nitro groups is 1. The maximum absolute atomic E-state index is 10.9. The molecule has 6 nitrogen and oxygen atoms in total. The second kappa shape index (κ2) is 4.97. The molecular formula is C12H13N3O3. The van der Waals surface area contributed by atoms with Gasteiger partial charge in [0.05, 0.1) is 10.6 Å². The van der Waals surface area contributed by atoms with Gasteiger partial charge in [0.2, 0.25) is 5.89 Å². The zero-order valence-corrected chi connectivity index (χ0v) is 10.1. The molecule has 6 heteroatoms. The Morgan fingerprint density at radius 1 is 1.50 bits per heavy atom. The summed E-state index contributed by atoms with van der Waals surface area (Å²) in [5, 5.41) is 13.8. The van der Waals surface area contributed by atoms with Gasteiger partial charge < -0.3 is 9.73 Å². The zero-order chi connectivity index (χ0) is 13.1. The summed E-state index contributed by atoms with van der Waals surface area (Å²) in [6, 6.07) is 4.86. The molecule has 94 valence electrons. The normalized spacial score (nSPS) is 10.6. The quantitative estimate of drug-likeness (QED) is 0.662. The summed E-state index contributed by atoms with van der Waals surface area (Å²) in [7, 11) is 1.81. The highest BCUT2D eigenvalue weighted by atomic mass is 16.6. The van der Waals surface area contributed by atoms with E-state index in [9.17, 15) is 10.1 Å². The number of nitrogens with one attached hydrogen (secondary N) is 1. The van der Waals surface area contributed by atoms with Crippen molar-refractivity contribution in [3.05, 3.63) is 45.8 Å². The van der Waals surface area contributed by atoms with Crippen molar-refractivity contribution >= 4 is 5.69 Å². The van der Waals surface area contributed by atoms with Crippen molar-refractivity contribution < 1.29 is 9.34 Å². The molecule has 0 amide bonds. The third-order valence-corrected chi connectivity index (χ3v) is 2.64. The van der Waals surface area contributed by atoms with E-state index >= 15 is 0 Å². The number of oxazole rings is 1. The van der Waals surface area contributed by atoms with Crippen LogP contribution in [0.25, 0.3) is 11.5 Å². The molecule has 2 aromatic rings. The van der Waals surface area contributed by atoms with Crippen molar-refractivity contribution in [2.24, 2.45) is 0 Å². The van der Waals surface area contributed by atoms with Crippen LogP contribution in [-0.2, 0) is 6.54 Å². The molecule has 0 atom stereocenters. The number of rotatable bonds is 4. The monoisotopic (exact) mass is 247 g/mol. The van der Waals surface area contributed by atoms with E-state index in [0.717, 1.165) is 5.69 Å². The average molecular weight is 247 g/mol. The van der Waals surface area contributed by atoms with Gasteiger partial charge in [-0.25, -0.2) is 4.98 Å². The van der Waals surface area contributed by atoms with Gasteiger partial charge in [0.15, 0.2) is 0 Å². The molecule has 0 fully saturated rings. The number of nitrogens with zero attached hydrogens (tertiary/aromatic N) is 2. The Kier molecular flexibility index (Phi) is 3.38. The molecule has 1 heterocycles. The highest BCUT2D eigenvalue weighted by Gasteiger charge is 2.17. The van der Waals surface area contributed by atoms with E-state index < -0.39 is 4.92 Å². The summed E-state index contributed by atoms with van der Waals surface area (Å²) in [6.07, 6.45) is 1.55. The summed E-state index contributed by atoms with van der Waals surface area (Å²) in [6.45, 7) is 2.28. The van der Waals surface area contributed by atoms with Crippen LogP contribution in [0.4, 0.5) is 5.69 Å². The van der Waals surface area contributed by atoms with Crippen molar-refractivity contribution in [2.45, 2.75) is 13.5 Å². The fraction of sp³-hybridized carbons (Fsp3) is 0.250. The van der Waals surface area contributed by atoms with Gasteiger partial charge in [-0.05, 0) is 20.0 Å². The van der Waals surface area contributed by atoms with Crippen molar-refractivity contribution in [2.75, 3.05) is 7.05 Å². The van der Waals surface area contributed by atoms with Gasteiger partial charge in [-0.1, -0.05) is 6.07 Å². The second-order valence-electron chi connectivity index (χ2n) is 3.88. The first-order valence-electron chi connectivity index (χ1n) is 5.47. The van der Waals surface area contributed by atoms with Crippen LogP contribution in [0.15, 0.2) is 28.9 Å². The minimum Gasteiger partial charge on any atom is -0.444 e. The fourth-order valence-corrected chi connectivity index (χ4v) is 1.75. The second-order valence-corrected chi connectivity index (χ2v) is 3.88. The van der Waals surface area contributed by atoms with Crippen LogP contribution in [0.5, 0.6) is 0 Å². The minimum atomic E-state index is -0.406. The third kappa shape index (κ3) is 2.23. The first-order valence-corrected chi connectivity index (χ1v) is 5.47. The van der Waals surface area contributed by atoms with Crippen molar-refractivity contribution in [1.29, 1.82) is 0 Å². The Morgan fingerprint density at radius 3 is 2.94 bits per heavy atom. The van der Waals surface area contributed by atoms with Gasteiger partial charge in [0.1, 0.15) is 6.26 Å². The topological polar surface area (TPSA) is 81.2 Å². The van der Waals surface area contributed by atoms with Crippen molar-refractivity contribution in [3.63, 3.8) is 0 Å². The molecule has 1 aromatic heterocycles. The number of hydrogen-bond acceptors (Lipinski definition) is 5. The highest BCUT2D eigenvalue weighted by Crippen LogP contribution is 2.29. The molecule has 0 radical (unpaired) electrons. The van der Waals surface area contributed by atoms with E-state index in [4.69, 9.17) is 4.42 Å². The van der Waals surface area contributed by atoms with Gasteiger partial charge >= 0.3 is 0 Å². The average Bonchev–Trinajstić information content (AvgIpc) is 2.78. The lowest BCUT2D eigenvalue weighted by atomic mass is 10.1. The van der Waals surface area contributed by atoms with Gasteiger partial charge in [0, 0.05) is 23.7 Å². The Hall–Kier alpha value is -2.21. The van der Waals surface area contributed by atoms with E-state index in [0.29, 0.717) is 23.6 Å². The SMILES string of the molecule is CNCc1coc(-c2cccc([N+](=O)[O-])c2C)n1. The molecule has 0 aliphatic carbocycles. The lowest BCUT2D eigenvalue weighted by Crippen LogP contribution is -2.05. The molecule has 0 aliphatic heterocycles. The number of benzene rings is 1. The van der Waals surface area contributed by atoms with Crippen LogP contribution >= 0.6 is 0 Å². The van der Waals surface area contributed by atoms with Gasteiger partial charge in [0.25, 0.3) is 5.69 Å². The van der Waals surface area contributed by atoms with Crippen LogP contribution in [-0.4, -0.2) is 17.0 Å². The molecule has 1 aromatic carbocycles. The lowest BCUT2D eigenvalue weighted by Gasteiger charge is -2.01. The van der Waals surface area contributed by atoms with Crippen molar-refractivity contribution in [3.8, 4) is 11.5 Å². The van der Waals surface area contributed by atoms with Gasteiger partial charge in [-0.3, -0.25) is 10.1 Å². The standard InChI is InChI=1S/C12H13N3O3/c1-8-10(4-3-5-11(8)15(16)17)12-14-9(6-13-2)7-18-12/h3-5,7,13H,6H2,1-2H3. The fourth-order valence-electron chi connectivity index (χ4n) is 1.75. The molecule has 2 rings (SSSR count). The minimum absolute atomic E-state index is 0.0702. The predicted molar refractivity (Wildman–Crippen MR) is 66.1 cm³/mol. The summed E-state index contributed by atoms with van der Waals surface area (Å²) in [5.41, 5.74) is 2.03. The van der Waals surface area contributed by atoms with Crippen molar-refractivity contribution in [1.82, 2.24) is 10.3 Å². The van der Waals surface area contributed by atoms with Crippen LogP contribution in [0.2, 0.25) is 0 Å². The van der Waals surface area contributed by atoms with E-state index in [2.05, 4.69) is 10.3 Å². The molecule has 0 saturated heterocycles. The molecule has 0 unspecified atom stereocenters. The summed E-state index contributed by atoms with van der Waals surface area (Å²) in [5.74, 6) is 0.404. The van der Waals surface area contributed by atoms with Crippen LogP contribution < -0.4 is 5.32 Å². The summed E-state index contributed by atoms with van der Waals surface area (Å²) in [4.78, 5) is 14.7.